The maximum absolute atomic E-state index is 13.1. The Hall–Kier alpha value is -2.70. The smallest absolute Gasteiger partial charge is 0.417 e. The van der Waals surface area contributed by atoms with Crippen molar-refractivity contribution >= 4 is 11.6 Å². The monoisotopic (exact) mass is 353 g/mol. The van der Waals surface area contributed by atoms with Crippen LogP contribution in [0.4, 0.5) is 18.9 Å². The van der Waals surface area contributed by atoms with Crippen LogP contribution in [-0.2, 0) is 6.18 Å². The molecular formula is C18H18F3NO3. The van der Waals surface area contributed by atoms with Crippen LogP contribution in [0.15, 0.2) is 42.5 Å². The fourth-order valence-corrected chi connectivity index (χ4v) is 2.26. The summed E-state index contributed by atoms with van der Waals surface area (Å²) in [6.45, 7) is 4.32. The molecule has 0 atom stereocenters. The van der Waals surface area contributed by atoms with E-state index in [9.17, 15) is 18.0 Å². The molecule has 0 aromatic heterocycles. The van der Waals surface area contributed by atoms with Crippen molar-refractivity contribution in [1.29, 1.82) is 0 Å². The molecule has 1 N–H and O–H groups in total. The molecule has 25 heavy (non-hydrogen) atoms. The summed E-state index contributed by atoms with van der Waals surface area (Å²) in [6.07, 6.45) is -4.62. The van der Waals surface area contributed by atoms with Gasteiger partial charge in [-0.2, -0.15) is 13.2 Å². The number of ether oxygens (including phenoxy) is 2. The maximum Gasteiger partial charge on any atom is 0.417 e. The van der Waals surface area contributed by atoms with E-state index >= 15 is 0 Å². The number of hydrogen-bond donors (Lipinski definition) is 1. The van der Waals surface area contributed by atoms with Crippen LogP contribution in [0.2, 0.25) is 0 Å². The van der Waals surface area contributed by atoms with Crippen molar-refractivity contribution < 1.29 is 27.4 Å². The van der Waals surface area contributed by atoms with E-state index in [0.29, 0.717) is 24.7 Å². The summed E-state index contributed by atoms with van der Waals surface area (Å²) in [6, 6.07) is 9.39. The molecule has 1 amide bonds. The molecule has 0 unspecified atom stereocenters. The SMILES string of the molecule is CCOc1ccc(OCC)c(NC(=O)c2ccccc2C(F)(F)F)c1. The molecule has 0 radical (unpaired) electrons. The number of hydrogen-bond acceptors (Lipinski definition) is 3. The lowest BCUT2D eigenvalue weighted by Crippen LogP contribution is -2.19. The molecule has 134 valence electrons. The first-order valence-electron chi connectivity index (χ1n) is 7.74. The molecule has 0 heterocycles. The zero-order valence-electron chi connectivity index (χ0n) is 13.8. The van der Waals surface area contributed by atoms with Crippen LogP contribution in [0.1, 0.15) is 29.8 Å². The number of carbonyl (C=O) groups excluding carboxylic acids is 1. The minimum Gasteiger partial charge on any atom is -0.494 e. The van der Waals surface area contributed by atoms with E-state index in [1.54, 1.807) is 26.0 Å². The second-order valence-electron chi connectivity index (χ2n) is 5.02. The molecule has 2 aromatic rings. The highest BCUT2D eigenvalue weighted by atomic mass is 19.4. The number of nitrogens with one attached hydrogen (secondary N) is 1. The Kier molecular flexibility index (Phi) is 5.90. The molecule has 2 aromatic carbocycles. The summed E-state index contributed by atoms with van der Waals surface area (Å²) in [7, 11) is 0. The van der Waals surface area contributed by atoms with Gasteiger partial charge < -0.3 is 14.8 Å². The summed E-state index contributed by atoms with van der Waals surface area (Å²) in [4.78, 5) is 12.4. The first-order valence-corrected chi connectivity index (χ1v) is 7.74. The van der Waals surface area contributed by atoms with E-state index in [0.717, 1.165) is 12.1 Å². The number of carbonyl (C=O) groups is 1. The maximum atomic E-state index is 13.1. The van der Waals surface area contributed by atoms with Crippen molar-refractivity contribution in [2.45, 2.75) is 20.0 Å². The van der Waals surface area contributed by atoms with Gasteiger partial charge in [-0.15, -0.1) is 0 Å². The molecule has 0 fully saturated rings. The number of rotatable bonds is 6. The van der Waals surface area contributed by atoms with Crippen LogP contribution >= 0.6 is 0 Å². The van der Waals surface area contributed by atoms with E-state index < -0.39 is 23.2 Å². The summed E-state index contributed by atoms with van der Waals surface area (Å²) in [5, 5.41) is 2.48. The number of anilines is 1. The van der Waals surface area contributed by atoms with Gasteiger partial charge in [0.05, 0.1) is 30.0 Å². The molecule has 2 rings (SSSR count). The number of amides is 1. The number of benzene rings is 2. The third-order valence-corrected chi connectivity index (χ3v) is 3.29. The third kappa shape index (κ3) is 4.65. The van der Waals surface area contributed by atoms with Gasteiger partial charge in [-0.25, -0.2) is 0 Å². The van der Waals surface area contributed by atoms with Crippen LogP contribution in [-0.4, -0.2) is 19.1 Å². The Morgan fingerprint density at radius 2 is 1.72 bits per heavy atom. The minimum atomic E-state index is -4.62. The van der Waals surface area contributed by atoms with E-state index in [2.05, 4.69) is 5.32 Å². The van der Waals surface area contributed by atoms with Gasteiger partial charge in [-0.1, -0.05) is 12.1 Å². The first kappa shape index (κ1) is 18.6. The van der Waals surface area contributed by atoms with Gasteiger partial charge >= 0.3 is 6.18 Å². The van der Waals surface area contributed by atoms with E-state index in [1.807, 2.05) is 0 Å². The highest BCUT2D eigenvalue weighted by Gasteiger charge is 2.35. The average molecular weight is 353 g/mol. The number of alkyl halides is 3. The van der Waals surface area contributed by atoms with Crippen molar-refractivity contribution in [3.8, 4) is 11.5 Å². The van der Waals surface area contributed by atoms with Crippen molar-refractivity contribution in [2.24, 2.45) is 0 Å². The molecule has 7 heteroatoms. The molecule has 0 bridgehead atoms. The van der Waals surface area contributed by atoms with E-state index in [1.165, 1.54) is 18.2 Å². The minimum absolute atomic E-state index is 0.245. The Bertz CT molecular complexity index is 745. The Labute approximate surface area is 143 Å². The second kappa shape index (κ2) is 7.92. The van der Waals surface area contributed by atoms with Crippen molar-refractivity contribution in [3.05, 3.63) is 53.6 Å². The molecule has 4 nitrogen and oxygen atoms in total. The average Bonchev–Trinajstić information content (AvgIpc) is 2.57. The molecule has 0 aliphatic heterocycles. The van der Waals surface area contributed by atoms with Gasteiger partial charge in [-0.05, 0) is 38.1 Å². The van der Waals surface area contributed by atoms with Crippen molar-refractivity contribution in [1.82, 2.24) is 0 Å². The standard InChI is InChI=1S/C18H18F3NO3/c1-3-24-12-9-10-16(25-4-2)15(11-12)22-17(23)13-7-5-6-8-14(13)18(19,20)21/h5-11H,3-4H2,1-2H3,(H,22,23). The quantitative estimate of drug-likeness (QED) is 0.815. The lowest BCUT2D eigenvalue weighted by Gasteiger charge is -2.15. The fourth-order valence-electron chi connectivity index (χ4n) is 2.26. The Morgan fingerprint density at radius 1 is 1.04 bits per heavy atom. The van der Waals surface area contributed by atoms with Crippen LogP contribution in [0, 0.1) is 0 Å². The first-order chi connectivity index (χ1) is 11.9. The lowest BCUT2D eigenvalue weighted by molar-refractivity contribution is -0.137. The predicted molar refractivity (Wildman–Crippen MR) is 88.2 cm³/mol. The largest absolute Gasteiger partial charge is 0.494 e. The zero-order chi connectivity index (χ0) is 18.4. The van der Waals surface area contributed by atoms with Gasteiger partial charge in [-0.3, -0.25) is 4.79 Å². The number of halogens is 3. The van der Waals surface area contributed by atoms with Crippen molar-refractivity contribution in [3.63, 3.8) is 0 Å². The summed E-state index contributed by atoms with van der Waals surface area (Å²) < 4.78 is 50.0. The molecule has 0 spiro atoms. The second-order valence-corrected chi connectivity index (χ2v) is 5.02. The molecule has 0 aliphatic rings. The molecule has 0 saturated heterocycles. The van der Waals surface area contributed by atoms with Gasteiger partial charge in [0.15, 0.2) is 0 Å². The van der Waals surface area contributed by atoms with Gasteiger partial charge in [0.2, 0.25) is 0 Å². The van der Waals surface area contributed by atoms with Crippen LogP contribution < -0.4 is 14.8 Å². The third-order valence-electron chi connectivity index (χ3n) is 3.29. The summed E-state index contributed by atoms with van der Waals surface area (Å²) >= 11 is 0. The molecule has 0 saturated carbocycles. The Morgan fingerprint density at radius 3 is 2.36 bits per heavy atom. The fraction of sp³-hybridized carbons (Fsp3) is 0.278. The summed E-state index contributed by atoms with van der Waals surface area (Å²) in [5.41, 5.74) is -1.21. The van der Waals surface area contributed by atoms with Gasteiger partial charge in [0.1, 0.15) is 11.5 Å². The zero-order valence-corrected chi connectivity index (χ0v) is 13.8. The molecular weight excluding hydrogens is 335 g/mol. The lowest BCUT2D eigenvalue weighted by atomic mass is 10.1. The van der Waals surface area contributed by atoms with Crippen molar-refractivity contribution in [2.75, 3.05) is 18.5 Å². The normalized spacial score (nSPS) is 11.1. The van der Waals surface area contributed by atoms with Gasteiger partial charge in [0.25, 0.3) is 5.91 Å². The van der Waals surface area contributed by atoms with E-state index in [4.69, 9.17) is 9.47 Å². The highest BCUT2D eigenvalue weighted by molar-refractivity contribution is 6.06. The van der Waals surface area contributed by atoms with E-state index in [-0.39, 0.29) is 5.69 Å². The summed E-state index contributed by atoms with van der Waals surface area (Å²) in [5.74, 6) is -0.0447. The Balaban J connectivity index is 2.36. The molecule has 0 aliphatic carbocycles. The highest BCUT2D eigenvalue weighted by Crippen LogP contribution is 2.34. The topological polar surface area (TPSA) is 47.6 Å². The van der Waals surface area contributed by atoms with Crippen LogP contribution in [0.5, 0.6) is 11.5 Å². The van der Waals surface area contributed by atoms with Gasteiger partial charge in [0, 0.05) is 6.07 Å². The van der Waals surface area contributed by atoms with Crippen LogP contribution in [0.25, 0.3) is 0 Å². The predicted octanol–water partition coefficient (Wildman–Crippen LogP) is 4.76. The van der Waals surface area contributed by atoms with Crippen LogP contribution in [0.3, 0.4) is 0 Å².